The molecule has 0 saturated heterocycles. The molecule has 0 saturated carbocycles. The number of halogens is 3. The normalized spacial score (nSPS) is 10.6. The minimum absolute atomic E-state index is 0.169. The molecule has 1 aromatic carbocycles. The molecule has 0 spiro atoms. The van der Waals surface area contributed by atoms with Crippen LogP contribution < -0.4 is 5.32 Å². The first-order chi connectivity index (χ1) is 11.1. The first-order valence-corrected chi connectivity index (χ1v) is 6.31. The molecular weight excluding hydrogens is 311 g/mol. The third-order valence-corrected chi connectivity index (χ3v) is 2.91. The molecule has 1 N–H and O–H groups in total. The van der Waals surface area contributed by atoms with Crippen LogP contribution in [0.15, 0.2) is 43.2 Å². The highest BCUT2D eigenvalue weighted by Gasteiger charge is 2.19. The van der Waals surface area contributed by atoms with E-state index < -0.39 is 28.9 Å². The number of nitrogens with one attached hydrogen (secondary N) is 1. The van der Waals surface area contributed by atoms with Crippen LogP contribution in [0, 0.1) is 17.5 Å². The van der Waals surface area contributed by atoms with Gasteiger partial charge in [0.2, 0.25) is 5.95 Å². The molecule has 1 amide bonds. The Hall–Kier alpha value is -3.23. The van der Waals surface area contributed by atoms with E-state index in [-0.39, 0.29) is 5.69 Å². The average molecular weight is 319 g/mol. The lowest BCUT2D eigenvalue weighted by Crippen LogP contribution is -2.15. The van der Waals surface area contributed by atoms with Gasteiger partial charge in [-0.25, -0.2) is 28.1 Å². The third-order valence-electron chi connectivity index (χ3n) is 2.91. The second-order valence-electron chi connectivity index (χ2n) is 4.42. The number of rotatable bonds is 3. The molecular formula is C14H8F3N5O. The zero-order chi connectivity index (χ0) is 16.4. The molecule has 3 aromatic rings. The molecule has 0 bridgehead atoms. The van der Waals surface area contributed by atoms with E-state index in [1.807, 2.05) is 0 Å². The number of imidazole rings is 1. The highest BCUT2D eigenvalue weighted by molar-refractivity contribution is 6.04. The molecule has 0 aliphatic heterocycles. The van der Waals surface area contributed by atoms with Gasteiger partial charge in [-0.1, -0.05) is 0 Å². The summed E-state index contributed by atoms with van der Waals surface area (Å²) in [6.45, 7) is 0. The summed E-state index contributed by atoms with van der Waals surface area (Å²) in [5.41, 5.74) is -0.453. The number of hydrogen-bond donors (Lipinski definition) is 1. The van der Waals surface area contributed by atoms with Gasteiger partial charge in [0.1, 0.15) is 6.33 Å². The monoisotopic (exact) mass is 319 g/mol. The molecule has 0 atom stereocenters. The van der Waals surface area contributed by atoms with Crippen LogP contribution in [-0.2, 0) is 0 Å². The quantitative estimate of drug-likeness (QED) is 0.752. The van der Waals surface area contributed by atoms with E-state index >= 15 is 0 Å². The number of anilines is 1. The molecule has 116 valence electrons. The second kappa shape index (κ2) is 5.87. The number of benzene rings is 1. The number of aromatic nitrogens is 4. The first kappa shape index (κ1) is 14.7. The van der Waals surface area contributed by atoms with Gasteiger partial charge in [0.25, 0.3) is 5.91 Å². The van der Waals surface area contributed by atoms with E-state index in [1.54, 1.807) is 17.0 Å². The Morgan fingerprint density at radius 3 is 2.48 bits per heavy atom. The molecule has 2 heterocycles. The van der Waals surface area contributed by atoms with Gasteiger partial charge in [0.15, 0.2) is 17.5 Å². The molecule has 0 radical (unpaired) electrons. The Balaban J connectivity index is 1.79. The molecule has 2 aromatic heterocycles. The largest absolute Gasteiger partial charge is 0.319 e. The lowest BCUT2D eigenvalue weighted by Gasteiger charge is -2.07. The average Bonchev–Trinajstić information content (AvgIpc) is 3.08. The fraction of sp³-hybridized carbons (Fsp3) is 0. The van der Waals surface area contributed by atoms with Crippen molar-refractivity contribution in [3.8, 4) is 5.95 Å². The summed E-state index contributed by atoms with van der Waals surface area (Å²) in [5.74, 6) is -5.25. The summed E-state index contributed by atoms with van der Waals surface area (Å²) >= 11 is 0. The van der Waals surface area contributed by atoms with Gasteiger partial charge < -0.3 is 5.32 Å². The summed E-state index contributed by atoms with van der Waals surface area (Å²) in [4.78, 5) is 23.7. The zero-order valence-corrected chi connectivity index (χ0v) is 11.4. The van der Waals surface area contributed by atoms with Gasteiger partial charge in [-0.3, -0.25) is 9.36 Å². The van der Waals surface area contributed by atoms with E-state index in [9.17, 15) is 18.0 Å². The highest BCUT2D eigenvalue weighted by atomic mass is 19.2. The molecule has 3 rings (SSSR count). The topological polar surface area (TPSA) is 72.7 Å². The number of nitrogens with zero attached hydrogens (tertiary/aromatic N) is 4. The van der Waals surface area contributed by atoms with Crippen molar-refractivity contribution in [3.05, 3.63) is 66.3 Å². The van der Waals surface area contributed by atoms with E-state index in [0.717, 1.165) is 6.07 Å². The van der Waals surface area contributed by atoms with E-state index in [2.05, 4.69) is 20.3 Å². The standard InChI is InChI=1S/C14H8F3N5O/c15-10-2-1-9(11(16)12(10)17)13(23)21-8-5-19-14(20-6-8)22-4-3-18-7-22/h1-7H,(H,21,23). The lowest BCUT2D eigenvalue weighted by molar-refractivity contribution is 0.102. The third kappa shape index (κ3) is 2.89. The van der Waals surface area contributed by atoms with Gasteiger partial charge in [-0.2, -0.15) is 0 Å². The van der Waals surface area contributed by atoms with E-state index in [4.69, 9.17) is 0 Å². The van der Waals surface area contributed by atoms with Gasteiger partial charge in [0.05, 0.1) is 23.6 Å². The number of carbonyl (C=O) groups is 1. The van der Waals surface area contributed by atoms with Crippen LogP contribution >= 0.6 is 0 Å². The molecule has 0 aliphatic carbocycles. The summed E-state index contributed by atoms with van der Waals surface area (Å²) in [5, 5.41) is 2.30. The number of carbonyl (C=O) groups excluding carboxylic acids is 1. The van der Waals surface area contributed by atoms with Crippen molar-refractivity contribution in [2.75, 3.05) is 5.32 Å². The predicted molar refractivity (Wildman–Crippen MR) is 73.4 cm³/mol. The molecule has 0 fully saturated rings. The smallest absolute Gasteiger partial charge is 0.258 e. The van der Waals surface area contributed by atoms with Crippen molar-refractivity contribution in [1.82, 2.24) is 19.5 Å². The fourth-order valence-corrected chi connectivity index (χ4v) is 1.80. The summed E-state index contributed by atoms with van der Waals surface area (Å²) in [6.07, 6.45) is 7.25. The minimum Gasteiger partial charge on any atom is -0.319 e. The SMILES string of the molecule is O=C(Nc1cnc(-n2ccnc2)nc1)c1ccc(F)c(F)c1F. The van der Waals surface area contributed by atoms with Gasteiger partial charge in [0, 0.05) is 12.4 Å². The second-order valence-corrected chi connectivity index (χ2v) is 4.42. The Kier molecular flexibility index (Phi) is 3.75. The maximum Gasteiger partial charge on any atom is 0.258 e. The Labute approximate surface area is 127 Å². The van der Waals surface area contributed by atoms with Crippen molar-refractivity contribution >= 4 is 11.6 Å². The van der Waals surface area contributed by atoms with Crippen molar-refractivity contribution < 1.29 is 18.0 Å². The van der Waals surface area contributed by atoms with Crippen LogP contribution in [0.5, 0.6) is 0 Å². The lowest BCUT2D eigenvalue weighted by atomic mass is 10.2. The predicted octanol–water partition coefficient (Wildman–Crippen LogP) is 2.33. The van der Waals surface area contributed by atoms with Crippen molar-refractivity contribution in [2.24, 2.45) is 0 Å². The van der Waals surface area contributed by atoms with Crippen LogP contribution in [0.4, 0.5) is 18.9 Å². The molecule has 23 heavy (non-hydrogen) atoms. The molecule has 9 heteroatoms. The summed E-state index contributed by atoms with van der Waals surface area (Å²) < 4.78 is 41.1. The van der Waals surface area contributed by atoms with Crippen LogP contribution in [-0.4, -0.2) is 25.4 Å². The van der Waals surface area contributed by atoms with Gasteiger partial charge >= 0.3 is 0 Å². The maximum absolute atomic E-state index is 13.5. The Bertz CT molecular complexity index is 850. The van der Waals surface area contributed by atoms with Gasteiger partial charge in [-0.15, -0.1) is 0 Å². The number of hydrogen-bond acceptors (Lipinski definition) is 4. The summed E-state index contributed by atoms with van der Waals surface area (Å²) in [6, 6.07) is 1.52. The van der Waals surface area contributed by atoms with Crippen molar-refractivity contribution in [2.45, 2.75) is 0 Å². The fourth-order valence-electron chi connectivity index (χ4n) is 1.80. The molecule has 0 unspecified atom stereocenters. The van der Waals surface area contributed by atoms with Gasteiger partial charge in [-0.05, 0) is 12.1 Å². The maximum atomic E-state index is 13.5. The van der Waals surface area contributed by atoms with E-state index in [1.165, 1.54) is 18.7 Å². The van der Waals surface area contributed by atoms with Crippen LogP contribution in [0.3, 0.4) is 0 Å². The molecule has 6 nitrogen and oxygen atoms in total. The number of amides is 1. The molecule has 0 aliphatic rings. The Morgan fingerprint density at radius 2 is 1.83 bits per heavy atom. The van der Waals surface area contributed by atoms with E-state index in [0.29, 0.717) is 12.0 Å². The van der Waals surface area contributed by atoms with Crippen LogP contribution in [0.2, 0.25) is 0 Å². The van der Waals surface area contributed by atoms with Crippen LogP contribution in [0.1, 0.15) is 10.4 Å². The van der Waals surface area contributed by atoms with Crippen LogP contribution in [0.25, 0.3) is 5.95 Å². The summed E-state index contributed by atoms with van der Waals surface area (Å²) in [7, 11) is 0. The first-order valence-electron chi connectivity index (χ1n) is 6.31. The Morgan fingerprint density at radius 1 is 1.09 bits per heavy atom. The highest BCUT2D eigenvalue weighted by Crippen LogP contribution is 2.16. The zero-order valence-electron chi connectivity index (χ0n) is 11.4. The minimum atomic E-state index is -1.70. The van der Waals surface area contributed by atoms with Crippen molar-refractivity contribution in [1.29, 1.82) is 0 Å². The van der Waals surface area contributed by atoms with Crippen molar-refractivity contribution in [3.63, 3.8) is 0 Å².